The highest BCUT2D eigenvalue weighted by Crippen LogP contribution is 2.37. The zero-order valence-electron chi connectivity index (χ0n) is 17.1. The Labute approximate surface area is 179 Å². The molecule has 3 rings (SSSR count). The molecule has 0 aliphatic heterocycles. The Morgan fingerprint density at radius 3 is 1.80 bits per heavy atom. The Hall–Kier alpha value is -2.56. The van der Waals surface area contributed by atoms with E-state index < -0.39 is 20.0 Å². The molecule has 5 nitrogen and oxygen atoms in total. The van der Waals surface area contributed by atoms with E-state index in [4.69, 9.17) is 6.42 Å². The number of sulfonamides is 2. The average molecular weight is 444 g/mol. The monoisotopic (exact) mass is 443 g/mol. The highest BCUT2D eigenvalue weighted by Gasteiger charge is 2.39. The molecule has 0 aromatic heterocycles. The fourth-order valence-electron chi connectivity index (χ4n) is 3.47. The quantitative estimate of drug-likeness (QED) is 0.595. The molecule has 2 aromatic carbocycles. The van der Waals surface area contributed by atoms with Gasteiger partial charge >= 0.3 is 0 Å². The van der Waals surface area contributed by atoms with Crippen molar-refractivity contribution in [2.24, 2.45) is 5.92 Å². The molecular weight excluding hydrogens is 418 g/mol. The maximum absolute atomic E-state index is 13.5. The lowest BCUT2D eigenvalue weighted by atomic mass is 10.0. The molecule has 0 heterocycles. The van der Waals surface area contributed by atoms with Gasteiger partial charge in [0.05, 0.1) is 9.79 Å². The predicted molar refractivity (Wildman–Crippen MR) is 117 cm³/mol. The zero-order valence-corrected chi connectivity index (χ0v) is 18.7. The smallest absolute Gasteiger partial charge is 0.200 e. The molecule has 158 valence electrons. The van der Waals surface area contributed by atoms with E-state index in [9.17, 15) is 16.8 Å². The molecule has 0 amide bonds. The van der Waals surface area contributed by atoms with E-state index in [2.05, 4.69) is 5.92 Å². The first-order valence-corrected chi connectivity index (χ1v) is 12.6. The lowest BCUT2D eigenvalue weighted by Crippen LogP contribution is -2.36. The Morgan fingerprint density at radius 2 is 1.37 bits per heavy atom. The van der Waals surface area contributed by atoms with Gasteiger partial charge in [0.25, 0.3) is 20.0 Å². The Morgan fingerprint density at radius 1 is 0.900 bits per heavy atom. The van der Waals surface area contributed by atoms with Gasteiger partial charge in [-0.1, -0.05) is 41.5 Å². The topological polar surface area (TPSA) is 71.5 Å². The second kappa shape index (κ2) is 8.66. The van der Waals surface area contributed by atoms with Crippen molar-refractivity contribution < 1.29 is 16.8 Å². The van der Waals surface area contributed by atoms with Crippen LogP contribution in [0.4, 0.5) is 0 Å². The van der Waals surface area contributed by atoms with Crippen LogP contribution in [0.2, 0.25) is 0 Å². The Balaban J connectivity index is 2.13. The van der Waals surface area contributed by atoms with Crippen LogP contribution in [-0.4, -0.2) is 20.5 Å². The lowest BCUT2D eigenvalue weighted by Gasteiger charge is -2.25. The summed E-state index contributed by atoms with van der Waals surface area (Å²) in [6, 6.07) is 12.4. The first kappa shape index (κ1) is 22.1. The number of rotatable bonds is 7. The predicted octanol–water partition coefficient (Wildman–Crippen LogP) is 4.39. The van der Waals surface area contributed by atoms with Crippen molar-refractivity contribution in [1.29, 1.82) is 0 Å². The molecule has 0 spiro atoms. The molecule has 0 N–H and O–H groups in total. The summed E-state index contributed by atoms with van der Waals surface area (Å²) in [5.74, 6) is 2.64. The van der Waals surface area contributed by atoms with Crippen LogP contribution in [0.3, 0.4) is 0 Å². The second-order valence-electron chi connectivity index (χ2n) is 7.53. The van der Waals surface area contributed by atoms with Crippen molar-refractivity contribution >= 4 is 20.0 Å². The number of aryl methyl sites for hydroxylation is 2. The van der Waals surface area contributed by atoms with Crippen molar-refractivity contribution in [3.05, 3.63) is 71.4 Å². The number of nitrogens with zero attached hydrogens (tertiary/aromatic N) is 1. The summed E-state index contributed by atoms with van der Waals surface area (Å²) in [5, 5.41) is 0. The third-order valence-electron chi connectivity index (χ3n) is 5.17. The van der Waals surface area contributed by atoms with Crippen LogP contribution in [0.15, 0.2) is 70.1 Å². The summed E-state index contributed by atoms with van der Waals surface area (Å²) in [7, 11) is -8.65. The van der Waals surface area contributed by atoms with E-state index in [0.717, 1.165) is 11.1 Å². The zero-order chi connectivity index (χ0) is 21.9. The van der Waals surface area contributed by atoms with E-state index in [0.29, 0.717) is 29.4 Å². The normalized spacial score (nSPS) is 16.7. The number of hydrogen-bond acceptors (Lipinski definition) is 4. The van der Waals surface area contributed by atoms with Gasteiger partial charge in [-0.3, -0.25) is 0 Å². The van der Waals surface area contributed by atoms with Gasteiger partial charge in [-0.15, -0.1) is 12.3 Å². The largest absolute Gasteiger partial charge is 0.277 e. The third-order valence-corrected chi connectivity index (χ3v) is 9.42. The number of benzene rings is 2. The number of terminal acetylenes is 1. The summed E-state index contributed by atoms with van der Waals surface area (Å²) in [4.78, 5) is -0.117. The van der Waals surface area contributed by atoms with Gasteiger partial charge in [0.2, 0.25) is 0 Å². The van der Waals surface area contributed by atoms with Crippen LogP contribution in [0.1, 0.15) is 36.8 Å². The molecule has 0 saturated heterocycles. The van der Waals surface area contributed by atoms with E-state index in [-0.39, 0.29) is 21.4 Å². The first-order chi connectivity index (χ1) is 14.2. The summed E-state index contributed by atoms with van der Waals surface area (Å²) < 4.78 is 54.7. The van der Waals surface area contributed by atoms with E-state index in [1.807, 2.05) is 13.8 Å². The molecule has 1 unspecified atom stereocenters. The summed E-state index contributed by atoms with van der Waals surface area (Å²) in [6.45, 7) is 3.68. The van der Waals surface area contributed by atoms with Gasteiger partial charge in [0.1, 0.15) is 0 Å². The van der Waals surface area contributed by atoms with Crippen molar-refractivity contribution in [3.63, 3.8) is 0 Å². The average Bonchev–Trinajstić information content (AvgIpc) is 3.14. The standard InChI is InChI=1S/C23H25NO4S2/c1-4-5-6-20-11-12-21(17-20)24(29(25,26)22-13-7-18(2)8-14-22)30(27,28)23-15-9-19(3)10-16-23/h1,7-10,13-17,20H,5-6,11-12H2,2-3H3. The maximum Gasteiger partial charge on any atom is 0.277 e. The van der Waals surface area contributed by atoms with E-state index in [1.165, 1.54) is 24.3 Å². The maximum atomic E-state index is 13.5. The SMILES string of the molecule is C#CCCC1C=C(N(S(=O)(=O)c2ccc(C)cc2)S(=O)(=O)c2ccc(C)cc2)CC1. The molecule has 1 aliphatic carbocycles. The van der Waals surface area contributed by atoms with Crippen LogP contribution in [0.25, 0.3) is 0 Å². The van der Waals surface area contributed by atoms with Gasteiger partial charge in [-0.2, -0.15) is 3.71 Å². The number of hydrogen-bond donors (Lipinski definition) is 0. The Kier molecular flexibility index (Phi) is 6.39. The molecular formula is C23H25NO4S2. The van der Waals surface area contributed by atoms with Crippen LogP contribution in [-0.2, 0) is 20.0 Å². The minimum Gasteiger partial charge on any atom is -0.200 e. The second-order valence-corrected chi connectivity index (χ2v) is 11.3. The fourth-order valence-corrected chi connectivity index (χ4v) is 7.29. The minimum atomic E-state index is -4.32. The first-order valence-electron chi connectivity index (χ1n) is 9.74. The Bertz CT molecular complexity index is 1110. The van der Waals surface area contributed by atoms with Crippen LogP contribution in [0.5, 0.6) is 0 Å². The van der Waals surface area contributed by atoms with Gasteiger partial charge < -0.3 is 0 Å². The van der Waals surface area contributed by atoms with Crippen LogP contribution in [0, 0.1) is 32.1 Å². The van der Waals surface area contributed by atoms with Crippen molar-refractivity contribution in [1.82, 2.24) is 3.71 Å². The van der Waals surface area contributed by atoms with Gasteiger partial charge in [0.15, 0.2) is 0 Å². The van der Waals surface area contributed by atoms with Crippen molar-refractivity contribution in [3.8, 4) is 12.3 Å². The van der Waals surface area contributed by atoms with Gasteiger partial charge in [-0.05, 0) is 63.3 Å². The van der Waals surface area contributed by atoms with Crippen LogP contribution < -0.4 is 0 Å². The summed E-state index contributed by atoms with van der Waals surface area (Å²) >= 11 is 0. The lowest BCUT2D eigenvalue weighted by molar-refractivity contribution is 0.522. The molecule has 30 heavy (non-hydrogen) atoms. The third kappa shape index (κ3) is 4.45. The molecule has 0 bridgehead atoms. The minimum absolute atomic E-state index is 0.0555. The summed E-state index contributed by atoms with van der Waals surface area (Å²) in [5.41, 5.74) is 2.05. The molecule has 1 atom stereocenters. The number of allylic oxidation sites excluding steroid dienone is 2. The van der Waals surface area contributed by atoms with Gasteiger partial charge in [-0.25, -0.2) is 16.8 Å². The summed E-state index contributed by atoms with van der Waals surface area (Å²) in [6.07, 6.45) is 9.36. The van der Waals surface area contributed by atoms with Crippen molar-refractivity contribution in [2.75, 3.05) is 0 Å². The molecule has 0 saturated carbocycles. The highest BCUT2D eigenvalue weighted by atomic mass is 32.3. The fraction of sp³-hybridized carbons (Fsp3) is 0.304. The van der Waals surface area contributed by atoms with Gasteiger partial charge in [0, 0.05) is 12.1 Å². The van der Waals surface area contributed by atoms with Crippen LogP contribution >= 0.6 is 0 Å². The molecule has 2 aromatic rings. The van der Waals surface area contributed by atoms with E-state index >= 15 is 0 Å². The van der Waals surface area contributed by atoms with E-state index in [1.54, 1.807) is 30.3 Å². The van der Waals surface area contributed by atoms with Crippen molar-refractivity contribution in [2.45, 2.75) is 49.3 Å². The molecule has 1 aliphatic rings. The molecule has 7 heteroatoms. The molecule has 0 fully saturated rings. The molecule has 0 radical (unpaired) electrons. The highest BCUT2D eigenvalue weighted by molar-refractivity contribution is 8.04.